The zero-order chi connectivity index (χ0) is 13.5. The number of aliphatic carboxylic acids is 2. The molecule has 0 aliphatic rings. The third-order valence-electron chi connectivity index (χ3n) is 2.02. The number of carboxylic acids is 2. The van der Waals surface area contributed by atoms with Gasteiger partial charge >= 0.3 is 11.9 Å². The SMILES string of the molecule is CC(C)(C)NCCCN(CC(=O)O)CC(=O)O. The first-order chi connectivity index (χ1) is 7.70. The van der Waals surface area contributed by atoms with Gasteiger partial charge in [-0.1, -0.05) is 0 Å². The van der Waals surface area contributed by atoms with Gasteiger partial charge in [0.2, 0.25) is 0 Å². The Hall–Kier alpha value is -1.14. The lowest BCUT2D eigenvalue weighted by Crippen LogP contribution is -2.39. The fraction of sp³-hybridized carbons (Fsp3) is 0.818. The molecule has 0 fully saturated rings. The second-order valence-corrected chi connectivity index (χ2v) is 5.03. The van der Waals surface area contributed by atoms with E-state index < -0.39 is 11.9 Å². The number of rotatable bonds is 8. The van der Waals surface area contributed by atoms with Crippen LogP contribution in [0.15, 0.2) is 0 Å². The van der Waals surface area contributed by atoms with Gasteiger partial charge in [0.1, 0.15) is 0 Å². The van der Waals surface area contributed by atoms with Crippen molar-refractivity contribution < 1.29 is 19.8 Å². The molecule has 100 valence electrons. The number of nitrogens with one attached hydrogen (secondary N) is 1. The molecule has 0 radical (unpaired) electrons. The summed E-state index contributed by atoms with van der Waals surface area (Å²) in [6.07, 6.45) is 0.720. The molecule has 17 heavy (non-hydrogen) atoms. The molecule has 0 aliphatic heterocycles. The van der Waals surface area contributed by atoms with Crippen LogP contribution >= 0.6 is 0 Å². The molecule has 0 atom stereocenters. The Bertz CT molecular complexity index is 245. The van der Waals surface area contributed by atoms with E-state index in [2.05, 4.69) is 5.32 Å². The zero-order valence-electron chi connectivity index (χ0n) is 10.7. The van der Waals surface area contributed by atoms with E-state index in [1.54, 1.807) is 0 Å². The van der Waals surface area contributed by atoms with Crippen LogP contribution in [0.3, 0.4) is 0 Å². The van der Waals surface area contributed by atoms with E-state index in [4.69, 9.17) is 10.2 Å². The molecule has 0 spiro atoms. The normalized spacial score (nSPS) is 11.8. The van der Waals surface area contributed by atoms with Gasteiger partial charge in [-0.25, -0.2) is 0 Å². The molecule has 0 amide bonds. The number of carbonyl (C=O) groups is 2. The fourth-order valence-corrected chi connectivity index (χ4v) is 1.36. The first-order valence-electron chi connectivity index (χ1n) is 5.61. The Morgan fingerprint density at radius 3 is 1.94 bits per heavy atom. The van der Waals surface area contributed by atoms with Crippen molar-refractivity contribution in [3.05, 3.63) is 0 Å². The lowest BCUT2D eigenvalue weighted by atomic mass is 10.1. The van der Waals surface area contributed by atoms with E-state index in [1.807, 2.05) is 20.8 Å². The van der Waals surface area contributed by atoms with Gasteiger partial charge in [-0.2, -0.15) is 0 Å². The van der Waals surface area contributed by atoms with E-state index in [1.165, 1.54) is 4.90 Å². The van der Waals surface area contributed by atoms with E-state index in [-0.39, 0.29) is 18.6 Å². The summed E-state index contributed by atoms with van der Waals surface area (Å²) in [6.45, 7) is 6.85. The number of carboxylic acid groups (broad SMARTS) is 2. The molecule has 0 aromatic rings. The van der Waals surface area contributed by atoms with Crippen molar-refractivity contribution in [3.8, 4) is 0 Å². The maximum absolute atomic E-state index is 10.5. The molecule has 0 aliphatic carbocycles. The number of hydrogen-bond acceptors (Lipinski definition) is 4. The molecule has 0 heterocycles. The van der Waals surface area contributed by atoms with Crippen LogP contribution in [0, 0.1) is 0 Å². The van der Waals surface area contributed by atoms with Crippen LogP contribution in [-0.2, 0) is 9.59 Å². The minimum atomic E-state index is -1.00. The summed E-state index contributed by atoms with van der Waals surface area (Å²) in [5.41, 5.74) is 0.0183. The maximum Gasteiger partial charge on any atom is 0.317 e. The Morgan fingerprint density at radius 1 is 1.12 bits per heavy atom. The molecular weight excluding hydrogens is 224 g/mol. The van der Waals surface area contributed by atoms with Crippen molar-refractivity contribution >= 4 is 11.9 Å². The third-order valence-corrected chi connectivity index (χ3v) is 2.02. The van der Waals surface area contributed by atoms with Gasteiger partial charge in [-0.05, 0) is 33.7 Å². The van der Waals surface area contributed by atoms with Gasteiger partial charge in [0.15, 0.2) is 0 Å². The highest BCUT2D eigenvalue weighted by molar-refractivity contribution is 5.72. The second kappa shape index (κ2) is 7.24. The van der Waals surface area contributed by atoms with Crippen molar-refractivity contribution in [1.29, 1.82) is 0 Å². The van der Waals surface area contributed by atoms with Crippen molar-refractivity contribution in [1.82, 2.24) is 10.2 Å². The van der Waals surface area contributed by atoms with Gasteiger partial charge in [-0.15, -0.1) is 0 Å². The van der Waals surface area contributed by atoms with E-state index in [0.717, 1.165) is 13.0 Å². The average molecular weight is 246 g/mol. The van der Waals surface area contributed by atoms with Crippen LogP contribution in [0.1, 0.15) is 27.2 Å². The van der Waals surface area contributed by atoms with Crippen LogP contribution in [-0.4, -0.2) is 58.8 Å². The van der Waals surface area contributed by atoms with Crippen LogP contribution < -0.4 is 5.32 Å². The van der Waals surface area contributed by atoms with Gasteiger partial charge in [-0.3, -0.25) is 14.5 Å². The number of hydrogen-bond donors (Lipinski definition) is 3. The molecular formula is C11H22N2O4. The molecule has 0 aromatic heterocycles. The summed E-state index contributed by atoms with van der Waals surface area (Å²) in [4.78, 5) is 22.5. The summed E-state index contributed by atoms with van der Waals surface area (Å²) < 4.78 is 0. The molecule has 0 saturated heterocycles. The van der Waals surface area contributed by atoms with Crippen LogP contribution in [0.5, 0.6) is 0 Å². The first-order valence-corrected chi connectivity index (χ1v) is 5.61. The number of nitrogens with zero attached hydrogens (tertiary/aromatic N) is 1. The smallest absolute Gasteiger partial charge is 0.317 e. The quantitative estimate of drug-likeness (QED) is 0.531. The maximum atomic E-state index is 10.5. The van der Waals surface area contributed by atoms with Gasteiger partial charge in [0.05, 0.1) is 13.1 Å². The molecule has 6 nitrogen and oxygen atoms in total. The summed E-state index contributed by atoms with van der Waals surface area (Å²) >= 11 is 0. The summed E-state index contributed by atoms with van der Waals surface area (Å²) in [5.74, 6) is -2.01. The van der Waals surface area contributed by atoms with Gasteiger partial charge in [0, 0.05) is 12.1 Å². The van der Waals surface area contributed by atoms with Gasteiger partial charge in [0.25, 0.3) is 0 Å². The Morgan fingerprint density at radius 2 is 1.59 bits per heavy atom. The minimum absolute atomic E-state index is 0.0183. The molecule has 0 aromatic carbocycles. The standard InChI is InChI=1S/C11H22N2O4/c1-11(2,3)12-5-4-6-13(7-9(14)15)8-10(16)17/h12H,4-8H2,1-3H3,(H,14,15)(H,16,17). The molecule has 3 N–H and O–H groups in total. The van der Waals surface area contributed by atoms with E-state index >= 15 is 0 Å². The highest BCUT2D eigenvalue weighted by Gasteiger charge is 2.13. The summed E-state index contributed by atoms with van der Waals surface area (Å²) in [6, 6.07) is 0. The van der Waals surface area contributed by atoms with Crippen LogP contribution in [0.25, 0.3) is 0 Å². The molecule has 6 heteroatoms. The molecule has 0 unspecified atom stereocenters. The second-order valence-electron chi connectivity index (χ2n) is 5.03. The molecule has 0 bridgehead atoms. The highest BCUT2D eigenvalue weighted by atomic mass is 16.4. The minimum Gasteiger partial charge on any atom is -0.480 e. The van der Waals surface area contributed by atoms with Gasteiger partial charge < -0.3 is 15.5 Å². The van der Waals surface area contributed by atoms with Crippen molar-refractivity contribution in [3.63, 3.8) is 0 Å². The highest BCUT2D eigenvalue weighted by Crippen LogP contribution is 1.99. The predicted molar refractivity (Wildman–Crippen MR) is 64.1 cm³/mol. The monoisotopic (exact) mass is 246 g/mol. The van der Waals surface area contributed by atoms with E-state index in [0.29, 0.717) is 6.54 Å². The Balaban J connectivity index is 3.91. The van der Waals surface area contributed by atoms with Crippen molar-refractivity contribution in [2.45, 2.75) is 32.7 Å². The van der Waals surface area contributed by atoms with Crippen molar-refractivity contribution in [2.24, 2.45) is 0 Å². The molecule has 0 rings (SSSR count). The zero-order valence-corrected chi connectivity index (χ0v) is 10.7. The average Bonchev–Trinajstić information content (AvgIpc) is 2.08. The topological polar surface area (TPSA) is 89.9 Å². The predicted octanol–water partition coefficient (Wildman–Crippen LogP) is 0.236. The van der Waals surface area contributed by atoms with Crippen LogP contribution in [0.2, 0.25) is 0 Å². The third kappa shape index (κ3) is 11.1. The summed E-state index contributed by atoms with van der Waals surface area (Å²) in [5, 5.41) is 20.5. The van der Waals surface area contributed by atoms with E-state index in [9.17, 15) is 9.59 Å². The largest absolute Gasteiger partial charge is 0.480 e. The molecule has 0 saturated carbocycles. The Kier molecular flexibility index (Phi) is 6.75. The van der Waals surface area contributed by atoms with Crippen molar-refractivity contribution in [2.75, 3.05) is 26.2 Å². The lowest BCUT2D eigenvalue weighted by Gasteiger charge is -2.22. The first kappa shape index (κ1) is 15.9. The van der Waals surface area contributed by atoms with Crippen LogP contribution in [0.4, 0.5) is 0 Å². The summed E-state index contributed by atoms with van der Waals surface area (Å²) in [7, 11) is 0. The lowest BCUT2D eigenvalue weighted by molar-refractivity contribution is -0.141. The fourth-order valence-electron chi connectivity index (χ4n) is 1.36. The Labute approximate surface area is 102 Å².